The van der Waals surface area contributed by atoms with Gasteiger partial charge in [0, 0.05) is 17.2 Å². The van der Waals surface area contributed by atoms with E-state index in [0.29, 0.717) is 53.4 Å². The van der Waals surface area contributed by atoms with Crippen molar-refractivity contribution in [2.45, 2.75) is 90.6 Å². The van der Waals surface area contributed by atoms with E-state index in [-0.39, 0.29) is 29.2 Å². The Morgan fingerprint density at radius 2 is 1.85 bits per heavy atom. The van der Waals surface area contributed by atoms with E-state index < -0.39 is 35.5 Å². The van der Waals surface area contributed by atoms with Gasteiger partial charge in [0.1, 0.15) is 24.1 Å². The number of hydrogen-bond acceptors (Lipinski definition) is 13. The second kappa shape index (κ2) is 17.1. The molecule has 0 spiro atoms. The van der Waals surface area contributed by atoms with E-state index in [4.69, 9.17) is 20.9 Å². The molecular formula is C36H51N9O6S. The van der Waals surface area contributed by atoms with Crippen LogP contribution in [0, 0.1) is 23.2 Å². The van der Waals surface area contributed by atoms with Crippen LogP contribution in [-0.2, 0) is 14.3 Å². The van der Waals surface area contributed by atoms with Crippen LogP contribution in [0.15, 0.2) is 42.0 Å². The number of nitrogens with zero attached hydrogens (tertiary/aromatic N) is 5. The molecule has 16 heteroatoms. The van der Waals surface area contributed by atoms with Crippen molar-refractivity contribution in [1.82, 2.24) is 30.3 Å². The number of hydrazone groups is 1. The van der Waals surface area contributed by atoms with Gasteiger partial charge in [0.15, 0.2) is 17.7 Å². The zero-order valence-electron chi connectivity index (χ0n) is 30.8. The predicted octanol–water partition coefficient (Wildman–Crippen LogP) is 2.23. The number of carbonyl (C=O) groups is 2. The first-order valence-corrected chi connectivity index (χ1v) is 18.2. The lowest BCUT2D eigenvalue weighted by Gasteiger charge is -2.32. The van der Waals surface area contributed by atoms with Gasteiger partial charge < -0.3 is 36.5 Å². The van der Waals surface area contributed by atoms with Crippen molar-refractivity contribution in [1.29, 1.82) is 0 Å². The quantitative estimate of drug-likeness (QED) is 0.0572. The largest absolute Gasteiger partial charge is 0.387 e. The topological polar surface area (TPSA) is 225 Å². The maximum atomic E-state index is 13.0. The maximum absolute atomic E-state index is 13.0. The number of ether oxygens (including phenoxy) is 2. The Balaban J connectivity index is 1.21. The highest BCUT2D eigenvalue weighted by molar-refractivity contribution is 7.99. The van der Waals surface area contributed by atoms with Gasteiger partial charge in [0.2, 0.25) is 5.91 Å². The first kappa shape index (κ1) is 40.7. The standard InChI is InChI=1S/C36H51N9O6S/c1-22(9-8-16-52-18-25-27(46)28(47)32(51-25)45-21-41-26-29(38)39-20-40-30(26)45)36(6,7)33(49)44-42-17-23-10-12-24(13-11-23)31(48)43-34(2,3)19-50-35(4,5)14-15-37/h10-13,17,20-22,25,27-28,32,46-47H,14-16,18-19,37H2,1-7H3,(H,43,48)(H,44,49)(H2,38,39,40)/b42-17+. The Bertz CT molecular complexity index is 1780. The molecule has 2 aromatic heterocycles. The third-order valence-corrected chi connectivity index (χ3v) is 9.93. The summed E-state index contributed by atoms with van der Waals surface area (Å²) >= 11 is 1.44. The number of imidazole rings is 1. The number of nitrogens with two attached hydrogens (primary N) is 2. The Kier molecular flexibility index (Phi) is 13.4. The predicted molar refractivity (Wildman–Crippen MR) is 201 cm³/mol. The number of thioether (sulfide) groups is 1. The molecule has 2 amide bonds. The minimum absolute atomic E-state index is 0.209. The number of aromatic nitrogens is 4. The van der Waals surface area contributed by atoms with Crippen molar-refractivity contribution >= 4 is 46.8 Å². The molecular weight excluding hydrogens is 687 g/mol. The summed E-state index contributed by atoms with van der Waals surface area (Å²) < 4.78 is 13.5. The average Bonchev–Trinajstić information content (AvgIpc) is 3.64. The normalized spacial score (nSPS) is 20.1. The van der Waals surface area contributed by atoms with E-state index in [1.54, 1.807) is 38.1 Å². The number of amides is 2. The molecule has 5 atom stereocenters. The average molecular weight is 738 g/mol. The van der Waals surface area contributed by atoms with Crippen molar-refractivity contribution in [3.63, 3.8) is 0 Å². The summed E-state index contributed by atoms with van der Waals surface area (Å²) in [6.45, 7) is 14.1. The third-order valence-electron chi connectivity index (χ3n) is 9.02. The zero-order chi connectivity index (χ0) is 38.3. The molecule has 0 bridgehead atoms. The fourth-order valence-corrected chi connectivity index (χ4v) is 6.00. The summed E-state index contributed by atoms with van der Waals surface area (Å²) in [5.74, 6) is 6.44. The minimum Gasteiger partial charge on any atom is -0.387 e. The highest BCUT2D eigenvalue weighted by Crippen LogP contribution is 2.33. The minimum atomic E-state index is -1.19. The molecule has 3 aromatic rings. The number of fused-ring (bicyclic) bond motifs is 1. The van der Waals surface area contributed by atoms with Gasteiger partial charge in [-0.25, -0.2) is 20.4 Å². The molecule has 1 aromatic carbocycles. The Hall–Kier alpha value is -4.11. The molecule has 1 saturated heterocycles. The molecule has 1 aliphatic heterocycles. The summed E-state index contributed by atoms with van der Waals surface area (Å²) in [6.07, 6.45) is 1.13. The van der Waals surface area contributed by atoms with Crippen LogP contribution < -0.4 is 22.2 Å². The second-order valence-electron chi connectivity index (χ2n) is 14.7. The molecule has 4 rings (SSSR count). The van der Waals surface area contributed by atoms with E-state index in [1.807, 2.05) is 34.6 Å². The number of nitrogen functional groups attached to an aromatic ring is 1. The van der Waals surface area contributed by atoms with Gasteiger partial charge >= 0.3 is 0 Å². The number of aliphatic hydroxyl groups is 2. The summed E-state index contributed by atoms with van der Waals surface area (Å²) in [4.78, 5) is 38.2. The van der Waals surface area contributed by atoms with Crippen LogP contribution in [0.5, 0.6) is 0 Å². The molecule has 1 fully saturated rings. The van der Waals surface area contributed by atoms with E-state index in [2.05, 4.69) is 42.6 Å². The first-order chi connectivity index (χ1) is 24.5. The molecule has 282 valence electrons. The number of carbonyl (C=O) groups excluding carboxylic acids is 2. The lowest BCUT2D eigenvalue weighted by Crippen LogP contribution is -2.49. The van der Waals surface area contributed by atoms with Crippen LogP contribution in [0.2, 0.25) is 0 Å². The van der Waals surface area contributed by atoms with Crippen molar-refractivity contribution in [2.75, 3.05) is 30.4 Å². The first-order valence-electron chi connectivity index (χ1n) is 17.1. The molecule has 0 radical (unpaired) electrons. The van der Waals surface area contributed by atoms with Gasteiger partial charge in [-0.05, 0) is 72.2 Å². The smallest absolute Gasteiger partial charge is 0.251 e. The molecule has 15 nitrogen and oxygen atoms in total. The summed E-state index contributed by atoms with van der Waals surface area (Å²) in [5, 5.41) is 28.4. The number of rotatable bonds is 15. The van der Waals surface area contributed by atoms with Crippen molar-refractivity contribution < 1.29 is 29.3 Å². The van der Waals surface area contributed by atoms with Crippen LogP contribution in [0.1, 0.15) is 77.0 Å². The van der Waals surface area contributed by atoms with Crippen molar-refractivity contribution in [3.05, 3.63) is 48.0 Å². The van der Waals surface area contributed by atoms with Gasteiger partial charge in [-0.1, -0.05) is 30.9 Å². The molecule has 0 saturated carbocycles. The SMILES string of the molecule is CC(C#CCSCC1OC(n2cnc3c(N)ncnc32)C(O)C1O)C(C)(C)C(=O)N/N=C/c1ccc(C(=O)NC(C)(C)COC(C)(C)CCN)cc1. The van der Waals surface area contributed by atoms with Crippen LogP contribution in [0.3, 0.4) is 0 Å². The molecule has 3 heterocycles. The fourth-order valence-electron chi connectivity index (χ4n) is 5.19. The van der Waals surface area contributed by atoms with Crippen LogP contribution in [-0.4, -0.2) is 102 Å². The summed E-state index contributed by atoms with van der Waals surface area (Å²) in [5.41, 5.74) is 14.3. The van der Waals surface area contributed by atoms with E-state index in [1.165, 1.54) is 35.2 Å². The van der Waals surface area contributed by atoms with E-state index >= 15 is 0 Å². The Morgan fingerprint density at radius 3 is 2.54 bits per heavy atom. The summed E-state index contributed by atoms with van der Waals surface area (Å²) in [6, 6.07) is 6.88. The number of aliphatic hydroxyl groups excluding tert-OH is 2. The van der Waals surface area contributed by atoms with Gasteiger partial charge in [-0.2, -0.15) is 5.10 Å². The number of anilines is 1. The summed E-state index contributed by atoms with van der Waals surface area (Å²) in [7, 11) is 0. The molecule has 52 heavy (non-hydrogen) atoms. The van der Waals surface area contributed by atoms with Crippen LogP contribution in [0.4, 0.5) is 5.82 Å². The second-order valence-corrected chi connectivity index (χ2v) is 15.7. The number of hydrogen-bond donors (Lipinski definition) is 6. The third kappa shape index (κ3) is 10.3. The number of benzene rings is 1. The van der Waals surface area contributed by atoms with E-state index in [0.717, 1.165) is 0 Å². The van der Waals surface area contributed by atoms with Crippen LogP contribution in [0.25, 0.3) is 11.2 Å². The molecule has 8 N–H and O–H groups in total. The molecule has 0 aliphatic carbocycles. The van der Waals surface area contributed by atoms with E-state index in [9.17, 15) is 19.8 Å². The molecule has 5 unspecified atom stereocenters. The highest BCUT2D eigenvalue weighted by atomic mass is 32.2. The fraction of sp³-hybridized carbons (Fsp3) is 0.556. The molecule has 1 aliphatic rings. The van der Waals surface area contributed by atoms with Gasteiger partial charge in [-0.3, -0.25) is 14.2 Å². The maximum Gasteiger partial charge on any atom is 0.251 e. The Morgan fingerprint density at radius 1 is 1.13 bits per heavy atom. The highest BCUT2D eigenvalue weighted by Gasteiger charge is 2.44. The van der Waals surface area contributed by atoms with Crippen molar-refractivity contribution in [2.24, 2.45) is 22.2 Å². The number of nitrogens with one attached hydrogen (secondary N) is 2. The lowest BCUT2D eigenvalue weighted by molar-refractivity contribution is -0.130. The van der Waals surface area contributed by atoms with Crippen LogP contribution >= 0.6 is 11.8 Å². The van der Waals surface area contributed by atoms with Gasteiger partial charge in [0.25, 0.3) is 5.91 Å². The lowest BCUT2D eigenvalue weighted by atomic mass is 9.79. The van der Waals surface area contributed by atoms with Gasteiger partial charge in [-0.15, -0.1) is 11.8 Å². The van der Waals surface area contributed by atoms with Gasteiger partial charge in [0.05, 0.1) is 47.6 Å². The Labute approximate surface area is 308 Å². The zero-order valence-corrected chi connectivity index (χ0v) is 31.6. The van der Waals surface area contributed by atoms with Crippen molar-refractivity contribution in [3.8, 4) is 11.8 Å². The monoisotopic (exact) mass is 737 g/mol.